The molecule has 0 aromatic heterocycles. The van der Waals surface area contributed by atoms with Crippen LogP contribution in [0, 0.1) is 0 Å². The summed E-state index contributed by atoms with van der Waals surface area (Å²) >= 11 is 0. The molecule has 14 heavy (non-hydrogen) atoms. The monoisotopic (exact) mass is 220 g/mol. The maximum absolute atomic E-state index is 11.4. The standard InChI is InChI=1S/C8H12O5S/c1-2-13-8(10)7-4-3-6(9)5-14(7,11)12/h7H,2-5H2,1H3/t7-/m0/s1. The number of sulfone groups is 1. The lowest BCUT2D eigenvalue weighted by Gasteiger charge is -2.19. The van der Waals surface area contributed by atoms with Gasteiger partial charge in [0.2, 0.25) is 0 Å². The molecule has 1 heterocycles. The van der Waals surface area contributed by atoms with Crippen LogP contribution in [0.3, 0.4) is 0 Å². The van der Waals surface area contributed by atoms with Crippen molar-refractivity contribution < 1.29 is 22.7 Å². The van der Waals surface area contributed by atoms with Crippen molar-refractivity contribution in [3.63, 3.8) is 0 Å². The number of carbonyl (C=O) groups is 2. The lowest BCUT2D eigenvalue weighted by atomic mass is 10.2. The second-order valence-corrected chi connectivity index (χ2v) is 5.31. The highest BCUT2D eigenvalue weighted by molar-refractivity contribution is 7.93. The summed E-state index contributed by atoms with van der Waals surface area (Å²) in [6.07, 6.45) is 0.197. The minimum Gasteiger partial charge on any atom is -0.465 e. The maximum atomic E-state index is 11.4. The number of hydrogen-bond donors (Lipinski definition) is 0. The molecule has 0 aromatic rings. The smallest absolute Gasteiger partial charge is 0.324 e. The van der Waals surface area contributed by atoms with E-state index in [1.807, 2.05) is 0 Å². The van der Waals surface area contributed by atoms with Crippen LogP contribution in [0.15, 0.2) is 0 Å². The lowest BCUT2D eigenvalue weighted by molar-refractivity contribution is -0.142. The second-order valence-electron chi connectivity index (χ2n) is 3.13. The van der Waals surface area contributed by atoms with Crippen molar-refractivity contribution in [3.05, 3.63) is 0 Å². The van der Waals surface area contributed by atoms with E-state index < -0.39 is 26.8 Å². The van der Waals surface area contributed by atoms with Gasteiger partial charge in [-0.2, -0.15) is 0 Å². The quantitative estimate of drug-likeness (QED) is 0.597. The molecule has 1 fully saturated rings. The van der Waals surface area contributed by atoms with Gasteiger partial charge in [-0.3, -0.25) is 9.59 Å². The van der Waals surface area contributed by atoms with Crippen LogP contribution in [0.1, 0.15) is 19.8 Å². The molecule has 0 N–H and O–H groups in total. The molecular formula is C8H12O5S. The first kappa shape index (κ1) is 11.2. The molecule has 1 saturated heterocycles. The summed E-state index contributed by atoms with van der Waals surface area (Å²) in [7, 11) is -3.62. The molecule has 5 nitrogen and oxygen atoms in total. The molecule has 0 aliphatic carbocycles. The highest BCUT2D eigenvalue weighted by atomic mass is 32.2. The molecule has 1 rings (SSSR count). The Morgan fingerprint density at radius 2 is 2.21 bits per heavy atom. The van der Waals surface area contributed by atoms with Crippen molar-refractivity contribution in [1.29, 1.82) is 0 Å². The molecule has 0 radical (unpaired) electrons. The van der Waals surface area contributed by atoms with Gasteiger partial charge in [-0.1, -0.05) is 0 Å². The molecule has 1 aliphatic rings. The number of rotatable bonds is 2. The Morgan fingerprint density at radius 3 is 2.71 bits per heavy atom. The van der Waals surface area contributed by atoms with E-state index in [1.54, 1.807) is 6.92 Å². The van der Waals surface area contributed by atoms with Crippen molar-refractivity contribution in [2.75, 3.05) is 12.4 Å². The Bertz CT molecular complexity index is 343. The molecule has 1 atom stereocenters. The zero-order valence-electron chi connectivity index (χ0n) is 7.86. The van der Waals surface area contributed by atoms with Gasteiger partial charge in [0, 0.05) is 6.42 Å². The van der Waals surface area contributed by atoms with Gasteiger partial charge in [0.05, 0.1) is 6.61 Å². The van der Waals surface area contributed by atoms with Crippen molar-refractivity contribution in [2.45, 2.75) is 25.0 Å². The SMILES string of the molecule is CCOC(=O)[C@@H]1CCC(=O)CS1(=O)=O. The summed E-state index contributed by atoms with van der Waals surface area (Å²) in [6, 6.07) is 0. The van der Waals surface area contributed by atoms with Crippen LogP contribution in [-0.4, -0.2) is 37.8 Å². The van der Waals surface area contributed by atoms with Crippen molar-refractivity contribution >= 4 is 21.6 Å². The third-order valence-corrected chi connectivity index (χ3v) is 4.05. The Labute approximate surface area is 82.4 Å². The number of esters is 1. The fourth-order valence-electron chi connectivity index (χ4n) is 1.37. The molecule has 80 valence electrons. The van der Waals surface area contributed by atoms with Gasteiger partial charge >= 0.3 is 5.97 Å². The van der Waals surface area contributed by atoms with Gasteiger partial charge < -0.3 is 4.74 Å². The third kappa shape index (κ3) is 2.31. The summed E-state index contributed by atoms with van der Waals surface area (Å²) in [5, 5.41) is -1.14. The first-order valence-electron chi connectivity index (χ1n) is 4.37. The number of ketones is 1. The molecule has 6 heteroatoms. The van der Waals surface area contributed by atoms with E-state index in [-0.39, 0.29) is 25.2 Å². The van der Waals surface area contributed by atoms with Gasteiger partial charge in [0.1, 0.15) is 11.5 Å². The zero-order chi connectivity index (χ0) is 10.8. The van der Waals surface area contributed by atoms with Gasteiger partial charge in [-0.05, 0) is 13.3 Å². The molecule has 0 saturated carbocycles. The Morgan fingerprint density at radius 1 is 1.57 bits per heavy atom. The van der Waals surface area contributed by atoms with Crippen LogP contribution < -0.4 is 0 Å². The highest BCUT2D eigenvalue weighted by Crippen LogP contribution is 2.18. The van der Waals surface area contributed by atoms with E-state index in [0.717, 1.165) is 0 Å². The Balaban J connectivity index is 2.80. The highest BCUT2D eigenvalue weighted by Gasteiger charge is 2.39. The van der Waals surface area contributed by atoms with Gasteiger partial charge in [0.15, 0.2) is 15.1 Å². The van der Waals surface area contributed by atoms with Gasteiger partial charge in [-0.25, -0.2) is 8.42 Å². The number of Topliss-reactive ketones (excluding diaryl/α,β-unsaturated/α-hetero) is 1. The molecule has 0 bridgehead atoms. The number of hydrogen-bond acceptors (Lipinski definition) is 5. The summed E-state index contributed by atoms with van der Waals surface area (Å²) in [6.45, 7) is 1.76. The van der Waals surface area contributed by atoms with E-state index in [9.17, 15) is 18.0 Å². The third-order valence-electron chi connectivity index (χ3n) is 2.03. The fraction of sp³-hybridized carbons (Fsp3) is 0.750. The maximum Gasteiger partial charge on any atom is 0.324 e. The first-order valence-corrected chi connectivity index (χ1v) is 6.09. The van der Waals surface area contributed by atoms with Crippen LogP contribution in [0.4, 0.5) is 0 Å². The summed E-state index contributed by atoms with van der Waals surface area (Å²) in [5.41, 5.74) is 0. The summed E-state index contributed by atoms with van der Waals surface area (Å²) in [5.74, 6) is -1.60. The summed E-state index contributed by atoms with van der Waals surface area (Å²) < 4.78 is 27.4. The van der Waals surface area contributed by atoms with Crippen molar-refractivity contribution in [1.82, 2.24) is 0 Å². The van der Waals surface area contributed by atoms with Gasteiger partial charge in [0.25, 0.3) is 0 Å². The van der Waals surface area contributed by atoms with E-state index in [4.69, 9.17) is 0 Å². The van der Waals surface area contributed by atoms with Crippen LogP contribution in [0.25, 0.3) is 0 Å². The van der Waals surface area contributed by atoms with Crippen LogP contribution in [-0.2, 0) is 24.2 Å². The zero-order valence-corrected chi connectivity index (χ0v) is 8.67. The second kappa shape index (κ2) is 4.08. The van der Waals surface area contributed by atoms with Crippen LogP contribution in [0.5, 0.6) is 0 Å². The average Bonchev–Trinajstić information content (AvgIpc) is 2.01. The topological polar surface area (TPSA) is 77.5 Å². The molecule has 0 unspecified atom stereocenters. The lowest BCUT2D eigenvalue weighted by Crippen LogP contribution is -2.40. The fourth-order valence-corrected chi connectivity index (χ4v) is 3.00. The minimum atomic E-state index is -3.62. The van der Waals surface area contributed by atoms with E-state index in [1.165, 1.54) is 0 Å². The van der Waals surface area contributed by atoms with E-state index >= 15 is 0 Å². The normalized spacial score (nSPS) is 25.8. The van der Waals surface area contributed by atoms with Crippen molar-refractivity contribution in [2.24, 2.45) is 0 Å². The summed E-state index contributed by atoms with van der Waals surface area (Å²) in [4.78, 5) is 22.1. The minimum absolute atomic E-state index is 0.0556. The predicted octanol–water partition coefficient (Wildman–Crippen LogP) is -0.304. The number of ether oxygens (including phenoxy) is 1. The Hall–Kier alpha value is -0.910. The molecule has 0 amide bonds. The van der Waals surface area contributed by atoms with Crippen LogP contribution in [0.2, 0.25) is 0 Å². The van der Waals surface area contributed by atoms with E-state index in [2.05, 4.69) is 4.74 Å². The molecule has 0 spiro atoms. The van der Waals surface area contributed by atoms with Gasteiger partial charge in [-0.15, -0.1) is 0 Å². The molecule has 1 aliphatic heterocycles. The predicted molar refractivity (Wildman–Crippen MR) is 48.4 cm³/mol. The molecular weight excluding hydrogens is 208 g/mol. The average molecular weight is 220 g/mol. The van der Waals surface area contributed by atoms with Crippen LogP contribution >= 0.6 is 0 Å². The largest absolute Gasteiger partial charge is 0.465 e. The Kier molecular flexibility index (Phi) is 3.25. The van der Waals surface area contributed by atoms with E-state index in [0.29, 0.717) is 0 Å². The molecule has 0 aromatic carbocycles. The number of carbonyl (C=O) groups excluding carboxylic acids is 2. The van der Waals surface area contributed by atoms with Crippen molar-refractivity contribution in [3.8, 4) is 0 Å². The first-order chi connectivity index (χ1) is 6.47.